The van der Waals surface area contributed by atoms with Gasteiger partial charge in [-0.3, -0.25) is 0 Å². The van der Waals surface area contributed by atoms with Crippen molar-refractivity contribution in [3.8, 4) is 0 Å². The van der Waals surface area contributed by atoms with Crippen LogP contribution in [0.4, 0.5) is 0 Å². The molecular weight excluding hydrogens is 269 g/mol. The highest BCUT2D eigenvalue weighted by Gasteiger charge is 2.13. The van der Waals surface area contributed by atoms with E-state index in [4.69, 9.17) is 33.4 Å². The van der Waals surface area contributed by atoms with E-state index < -0.39 is 0 Å². The topological polar surface area (TPSA) is 39.2 Å². The molecule has 2 N–H and O–H groups in total. The Morgan fingerprint density at radius 1 is 1.17 bits per heavy atom. The molecule has 18 heavy (non-hydrogen) atoms. The maximum atomic E-state index is 6.13. The van der Waals surface area contributed by atoms with Gasteiger partial charge in [-0.15, -0.1) is 0 Å². The molecule has 2 aromatic rings. The van der Waals surface area contributed by atoms with Gasteiger partial charge in [0.2, 0.25) is 0 Å². The second kappa shape index (κ2) is 5.35. The number of furan rings is 1. The minimum absolute atomic E-state index is 0.172. The molecular formula is C14H15Cl2NO. The highest BCUT2D eigenvalue weighted by atomic mass is 35.5. The molecule has 2 nitrogen and oxygen atoms in total. The van der Waals surface area contributed by atoms with E-state index in [9.17, 15) is 0 Å². The van der Waals surface area contributed by atoms with Crippen LogP contribution in [0, 0.1) is 13.8 Å². The first-order chi connectivity index (χ1) is 8.47. The first-order valence-electron chi connectivity index (χ1n) is 5.74. The molecule has 0 bridgehead atoms. The Hall–Kier alpha value is -0.960. The third kappa shape index (κ3) is 2.89. The number of hydrogen-bond acceptors (Lipinski definition) is 2. The van der Waals surface area contributed by atoms with Gasteiger partial charge in [0.1, 0.15) is 11.5 Å². The van der Waals surface area contributed by atoms with Gasteiger partial charge in [0.05, 0.1) is 16.1 Å². The molecule has 0 aliphatic carbocycles. The van der Waals surface area contributed by atoms with Crippen molar-refractivity contribution in [2.24, 2.45) is 5.73 Å². The quantitative estimate of drug-likeness (QED) is 0.904. The highest BCUT2D eigenvalue weighted by molar-refractivity contribution is 6.42. The largest absolute Gasteiger partial charge is 0.464 e. The molecule has 0 radical (unpaired) electrons. The third-order valence-corrected chi connectivity index (χ3v) is 3.73. The summed E-state index contributed by atoms with van der Waals surface area (Å²) >= 11 is 11.9. The molecule has 1 aromatic carbocycles. The first kappa shape index (κ1) is 13.5. The average molecular weight is 284 g/mol. The van der Waals surface area contributed by atoms with Gasteiger partial charge in [0, 0.05) is 0 Å². The number of halogens is 2. The van der Waals surface area contributed by atoms with Crippen molar-refractivity contribution < 1.29 is 4.42 Å². The lowest BCUT2D eigenvalue weighted by molar-refractivity contribution is 0.444. The molecule has 4 heteroatoms. The van der Waals surface area contributed by atoms with Gasteiger partial charge in [-0.05, 0) is 49.6 Å². The van der Waals surface area contributed by atoms with Crippen LogP contribution in [0.15, 0.2) is 28.7 Å². The van der Waals surface area contributed by atoms with Gasteiger partial charge in [-0.1, -0.05) is 29.3 Å². The van der Waals surface area contributed by atoms with Crippen molar-refractivity contribution >= 4 is 23.2 Å². The van der Waals surface area contributed by atoms with E-state index in [1.807, 2.05) is 32.0 Å². The van der Waals surface area contributed by atoms with Crippen LogP contribution in [-0.2, 0) is 6.42 Å². The van der Waals surface area contributed by atoms with E-state index in [-0.39, 0.29) is 6.04 Å². The Kier molecular flexibility index (Phi) is 4.00. The minimum atomic E-state index is -0.172. The zero-order valence-corrected chi connectivity index (χ0v) is 11.8. The van der Waals surface area contributed by atoms with E-state index in [1.54, 1.807) is 6.07 Å². The lowest BCUT2D eigenvalue weighted by atomic mass is 10.0. The van der Waals surface area contributed by atoms with Gasteiger partial charge in [0.25, 0.3) is 0 Å². The molecule has 0 aliphatic rings. The monoisotopic (exact) mass is 283 g/mol. The van der Waals surface area contributed by atoms with Crippen molar-refractivity contribution in [3.63, 3.8) is 0 Å². The van der Waals surface area contributed by atoms with E-state index in [0.717, 1.165) is 22.6 Å². The summed E-state index contributed by atoms with van der Waals surface area (Å²) in [4.78, 5) is 0. The van der Waals surface area contributed by atoms with Crippen molar-refractivity contribution in [1.29, 1.82) is 0 Å². The Balaban J connectivity index is 2.15. The molecule has 2 rings (SSSR count). The normalized spacial score (nSPS) is 12.7. The summed E-state index contributed by atoms with van der Waals surface area (Å²) in [5.74, 6) is 1.71. The van der Waals surface area contributed by atoms with E-state index in [2.05, 4.69) is 0 Å². The van der Waals surface area contributed by atoms with Crippen LogP contribution >= 0.6 is 23.2 Å². The standard InChI is InChI=1S/C14H15Cl2NO/c1-8-5-14(18-9(8)2)13(17)7-10-3-4-11(15)12(16)6-10/h3-6,13H,7,17H2,1-2H3. The molecule has 0 amide bonds. The average Bonchev–Trinajstić information content (AvgIpc) is 2.65. The molecule has 0 saturated carbocycles. The fraction of sp³-hybridized carbons (Fsp3) is 0.286. The number of nitrogens with two attached hydrogens (primary N) is 1. The van der Waals surface area contributed by atoms with Crippen molar-refractivity contribution in [2.45, 2.75) is 26.3 Å². The summed E-state index contributed by atoms with van der Waals surface area (Å²) in [7, 11) is 0. The van der Waals surface area contributed by atoms with Crippen LogP contribution in [0.2, 0.25) is 10.0 Å². The van der Waals surface area contributed by atoms with Crippen LogP contribution in [0.5, 0.6) is 0 Å². The van der Waals surface area contributed by atoms with E-state index >= 15 is 0 Å². The van der Waals surface area contributed by atoms with Crippen LogP contribution in [0.3, 0.4) is 0 Å². The van der Waals surface area contributed by atoms with Gasteiger partial charge in [-0.25, -0.2) is 0 Å². The van der Waals surface area contributed by atoms with Gasteiger partial charge >= 0.3 is 0 Å². The highest BCUT2D eigenvalue weighted by Crippen LogP contribution is 2.26. The zero-order chi connectivity index (χ0) is 13.3. The van der Waals surface area contributed by atoms with Crippen LogP contribution in [0.25, 0.3) is 0 Å². The van der Waals surface area contributed by atoms with Crippen molar-refractivity contribution in [3.05, 3.63) is 57.0 Å². The predicted molar refractivity (Wildman–Crippen MR) is 75.3 cm³/mol. The van der Waals surface area contributed by atoms with Gasteiger partial charge in [-0.2, -0.15) is 0 Å². The lowest BCUT2D eigenvalue weighted by Gasteiger charge is -2.09. The van der Waals surface area contributed by atoms with Crippen LogP contribution in [-0.4, -0.2) is 0 Å². The smallest absolute Gasteiger partial charge is 0.121 e. The Morgan fingerprint density at radius 2 is 1.89 bits per heavy atom. The molecule has 1 aromatic heterocycles. The maximum Gasteiger partial charge on any atom is 0.121 e. The summed E-state index contributed by atoms with van der Waals surface area (Å²) in [5, 5.41) is 1.10. The SMILES string of the molecule is Cc1cc(C(N)Cc2ccc(Cl)c(Cl)c2)oc1C. The molecule has 1 atom stereocenters. The van der Waals surface area contributed by atoms with E-state index in [1.165, 1.54) is 0 Å². The molecule has 96 valence electrons. The number of rotatable bonds is 3. The molecule has 0 saturated heterocycles. The van der Waals surface area contributed by atoms with Gasteiger partial charge in [0.15, 0.2) is 0 Å². The fourth-order valence-electron chi connectivity index (χ4n) is 1.81. The van der Waals surface area contributed by atoms with Crippen molar-refractivity contribution in [2.75, 3.05) is 0 Å². The van der Waals surface area contributed by atoms with Crippen molar-refractivity contribution in [1.82, 2.24) is 0 Å². The third-order valence-electron chi connectivity index (χ3n) is 2.99. The predicted octanol–water partition coefficient (Wildman–Crippen LogP) is 4.45. The fourth-order valence-corrected chi connectivity index (χ4v) is 2.13. The Labute approximate surface area is 117 Å². The lowest BCUT2D eigenvalue weighted by Crippen LogP contribution is -2.12. The summed E-state index contributed by atoms with van der Waals surface area (Å²) in [6.07, 6.45) is 0.670. The number of benzene rings is 1. The number of aryl methyl sites for hydroxylation is 2. The van der Waals surface area contributed by atoms with Crippen LogP contribution < -0.4 is 5.73 Å². The van der Waals surface area contributed by atoms with Crippen LogP contribution in [0.1, 0.15) is 28.7 Å². The minimum Gasteiger partial charge on any atom is -0.464 e. The Morgan fingerprint density at radius 3 is 2.44 bits per heavy atom. The van der Waals surface area contributed by atoms with Gasteiger partial charge < -0.3 is 10.2 Å². The summed E-state index contributed by atoms with van der Waals surface area (Å²) in [6, 6.07) is 7.36. The summed E-state index contributed by atoms with van der Waals surface area (Å²) < 4.78 is 5.62. The first-order valence-corrected chi connectivity index (χ1v) is 6.49. The van der Waals surface area contributed by atoms with E-state index in [0.29, 0.717) is 16.5 Å². The molecule has 1 heterocycles. The molecule has 0 aliphatic heterocycles. The summed E-state index contributed by atoms with van der Waals surface area (Å²) in [5.41, 5.74) is 8.29. The second-order valence-corrected chi connectivity index (χ2v) is 5.26. The zero-order valence-electron chi connectivity index (χ0n) is 10.3. The molecule has 0 fully saturated rings. The summed E-state index contributed by atoms with van der Waals surface area (Å²) in [6.45, 7) is 3.94. The maximum absolute atomic E-state index is 6.13. The number of hydrogen-bond donors (Lipinski definition) is 1. The second-order valence-electron chi connectivity index (χ2n) is 4.45. The Bertz CT molecular complexity index is 543. The molecule has 1 unspecified atom stereocenters. The molecule has 0 spiro atoms.